The Morgan fingerprint density at radius 3 is 1.31 bits per heavy atom. The van der Waals surface area contributed by atoms with Gasteiger partial charge in [0, 0.05) is 38.9 Å². The Hall–Kier alpha value is 0.150. The van der Waals surface area contributed by atoms with Crippen LogP contribution in [-0.2, 0) is 8.65 Å². The number of nitrogens with zero attached hydrogens (tertiary/aromatic N) is 2. The SMILES string of the molecule is CN(C)S(=O)(Cl)(N(C)C)C(F)(F)F. The van der Waals surface area contributed by atoms with E-state index in [9.17, 15) is 17.4 Å². The van der Waals surface area contributed by atoms with E-state index >= 15 is 0 Å². The predicted octanol–water partition coefficient (Wildman–Crippen LogP) is 1.43. The third-order valence-corrected chi connectivity index (χ3v) is 7.15. The molecule has 0 unspecified atom stereocenters. The van der Waals surface area contributed by atoms with Crippen LogP contribution in [0.2, 0.25) is 0 Å². The quantitative estimate of drug-likeness (QED) is 0.670. The molecule has 0 amide bonds. The maximum atomic E-state index is 12.5. The van der Waals surface area contributed by atoms with Crippen LogP contribution in [0.3, 0.4) is 0 Å². The maximum Gasteiger partial charge on any atom is 0.488 e. The van der Waals surface area contributed by atoms with Crippen molar-refractivity contribution >= 4 is 19.3 Å². The minimum absolute atomic E-state index is 0.485. The third kappa shape index (κ3) is 1.58. The average molecular weight is 241 g/mol. The number of hydrogen-bond acceptors (Lipinski definition) is 1. The van der Waals surface area contributed by atoms with Crippen LogP contribution < -0.4 is 0 Å². The molecule has 0 aromatic carbocycles. The van der Waals surface area contributed by atoms with Crippen LogP contribution in [0.25, 0.3) is 0 Å². The highest BCUT2D eigenvalue weighted by Crippen LogP contribution is 2.50. The van der Waals surface area contributed by atoms with E-state index in [0.29, 0.717) is 8.61 Å². The summed E-state index contributed by atoms with van der Waals surface area (Å²) in [4.78, 5) is 0. The highest BCUT2D eigenvalue weighted by molar-refractivity contribution is 8.35. The molecule has 0 spiro atoms. The summed E-state index contributed by atoms with van der Waals surface area (Å²) in [5.41, 5.74) is -4.99. The van der Waals surface area contributed by atoms with Gasteiger partial charge < -0.3 is 0 Å². The fraction of sp³-hybridized carbons (Fsp3) is 1.00. The number of alkyl halides is 3. The molecule has 0 saturated heterocycles. The first kappa shape index (κ1) is 13.2. The molecule has 8 heteroatoms. The maximum absolute atomic E-state index is 12.5. The Morgan fingerprint density at radius 2 is 1.31 bits per heavy atom. The molecule has 0 aliphatic carbocycles. The lowest BCUT2D eigenvalue weighted by molar-refractivity contribution is -0.0522. The highest BCUT2D eigenvalue weighted by Gasteiger charge is 2.63. The summed E-state index contributed by atoms with van der Waals surface area (Å²) in [6, 6.07) is 0. The standard InChI is InChI=1S/C5H12ClF3N2OS/c1-10(2)13(6,12,11(3)4)5(7,8)9/h1-4H3. The smallest absolute Gasteiger partial charge is 0.230 e. The van der Waals surface area contributed by atoms with Gasteiger partial charge in [0.05, 0.1) is 0 Å². The molecule has 82 valence electrons. The van der Waals surface area contributed by atoms with Crippen molar-refractivity contribution in [1.29, 1.82) is 0 Å². The van der Waals surface area contributed by atoms with Crippen molar-refractivity contribution in [2.24, 2.45) is 0 Å². The molecule has 0 aliphatic heterocycles. The Balaban J connectivity index is 5.60. The van der Waals surface area contributed by atoms with Gasteiger partial charge in [-0.2, -0.15) is 13.2 Å². The Bertz CT molecular complexity index is 251. The fourth-order valence-electron chi connectivity index (χ4n) is 0.741. The zero-order valence-corrected chi connectivity index (χ0v) is 9.30. The van der Waals surface area contributed by atoms with Gasteiger partial charge in [0.2, 0.25) is 0 Å². The molecule has 0 atom stereocenters. The molecule has 0 radical (unpaired) electrons. The van der Waals surface area contributed by atoms with Crippen LogP contribution in [0, 0.1) is 0 Å². The third-order valence-electron chi connectivity index (χ3n) is 1.65. The van der Waals surface area contributed by atoms with Gasteiger partial charge >= 0.3 is 5.51 Å². The summed E-state index contributed by atoms with van der Waals surface area (Å²) in [5.74, 6) is 0. The zero-order valence-electron chi connectivity index (χ0n) is 7.72. The molecule has 0 aliphatic rings. The molecule has 13 heavy (non-hydrogen) atoms. The molecular weight excluding hydrogens is 229 g/mol. The van der Waals surface area contributed by atoms with E-state index in [1.807, 2.05) is 0 Å². The summed E-state index contributed by atoms with van der Waals surface area (Å²) in [6.07, 6.45) is 0. The molecule has 0 saturated carbocycles. The van der Waals surface area contributed by atoms with Gasteiger partial charge in [-0.15, -0.1) is 0 Å². The molecular formula is C5H12ClF3N2OS. The van der Waals surface area contributed by atoms with Gasteiger partial charge in [-0.25, -0.2) is 12.8 Å². The second-order valence-electron chi connectivity index (χ2n) is 2.85. The van der Waals surface area contributed by atoms with E-state index in [-0.39, 0.29) is 0 Å². The second kappa shape index (κ2) is 3.08. The van der Waals surface area contributed by atoms with E-state index in [2.05, 4.69) is 0 Å². The highest BCUT2D eigenvalue weighted by atomic mass is 35.7. The second-order valence-corrected chi connectivity index (χ2v) is 7.99. The largest absolute Gasteiger partial charge is 0.488 e. The van der Waals surface area contributed by atoms with E-state index in [4.69, 9.17) is 10.7 Å². The van der Waals surface area contributed by atoms with Gasteiger partial charge in [0.1, 0.15) is 0 Å². The van der Waals surface area contributed by atoms with Crippen molar-refractivity contribution in [3.8, 4) is 0 Å². The van der Waals surface area contributed by atoms with Crippen molar-refractivity contribution in [1.82, 2.24) is 8.61 Å². The lowest BCUT2D eigenvalue weighted by Gasteiger charge is -2.46. The lowest BCUT2D eigenvalue weighted by atomic mass is 11.3. The molecule has 0 N–H and O–H groups in total. The van der Waals surface area contributed by atoms with Crippen molar-refractivity contribution in [3.63, 3.8) is 0 Å². The van der Waals surface area contributed by atoms with Gasteiger partial charge in [-0.05, 0) is 0 Å². The Labute approximate surface area is 79.6 Å². The minimum Gasteiger partial charge on any atom is -0.230 e. The van der Waals surface area contributed by atoms with Crippen LogP contribution in [0.5, 0.6) is 0 Å². The van der Waals surface area contributed by atoms with Crippen molar-refractivity contribution in [2.75, 3.05) is 28.2 Å². The van der Waals surface area contributed by atoms with E-state index < -0.39 is 14.2 Å². The zero-order chi connectivity index (χ0) is 11.1. The molecule has 0 heterocycles. The van der Waals surface area contributed by atoms with Crippen molar-refractivity contribution < 1.29 is 17.4 Å². The van der Waals surface area contributed by atoms with Crippen molar-refractivity contribution in [2.45, 2.75) is 5.51 Å². The monoisotopic (exact) mass is 240 g/mol. The first-order valence-electron chi connectivity index (χ1n) is 3.25. The predicted molar refractivity (Wildman–Crippen MR) is 47.4 cm³/mol. The van der Waals surface area contributed by atoms with E-state index in [0.717, 1.165) is 28.2 Å². The van der Waals surface area contributed by atoms with Crippen LogP contribution in [-0.4, -0.2) is 46.5 Å². The summed E-state index contributed by atoms with van der Waals surface area (Å²) in [6.45, 7) is 0. The van der Waals surface area contributed by atoms with E-state index in [1.54, 1.807) is 0 Å². The number of hydrogen-bond donors (Lipinski definition) is 0. The summed E-state index contributed by atoms with van der Waals surface area (Å²) >= 11 is 0. The average Bonchev–Trinajstić information content (AvgIpc) is 1.84. The summed E-state index contributed by atoms with van der Waals surface area (Å²) < 4.78 is 50.2. The lowest BCUT2D eigenvalue weighted by Crippen LogP contribution is -2.61. The van der Waals surface area contributed by atoms with Crippen LogP contribution in [0.4, 0.5) is 13.2 Å². The van der Waals surface area contributed by atoms with Crippen LogP contribution in [0.15, 0.2) is 0 Å². The molecule has 0 bridgehead atoms. The van der Waals surface area contributed by atoms with Crippen LogP contribution >= 0.6 is 10.7 Å². The van der Waals surface area contributed by atoms with Gasteiger partial charge in [0.25, 0.3) is 0 Å². The van der Waals surface area contributed by atoms with Gasteiger partial charge in [-0.1, -0.05) is 0 Å². The molecule has 3 nitrogen and oxygen atoms in total. The normalized spacial score (nSPS) is 17.5. The molecule has 0 rings (SSSR count). The first-order chi connectivity index (χ1) is 5.44. The Morgan fingerprint density at radius 1 is 1.08 bits per heavy atom. The topological polar surface area (TPSA) is 23.6 Å². The van der Waals surface area contributed by atoms with Gasteiger partial charge in [0.15, 0.2) is 8.65 Å². The summed E-state index contributed by atoms with van der Waals surface area (Å²) in [5, 5.41) is 0. The van der Waals surface area contributed by atoms with Crippen molar-refractivity contribution in [3.05, 3.63) is 0 Å². The van der Waals surface area contributed by atoms with Crippen LogP contribution in [0.1, 0.15) is 0 Å². The van der Waals surface area contributed by atoms with Gasteiger partial charge in [-0.3, -0.25) is 0 Å². The number of halogens is 4. The number of rotatable bonds is 2. The fourth-order valence-corrected chi connectivity index (χ4v) is 2.22. The van der Waals surface area contributed by atoms with E-state index in [1.165, 1.54) is 0 Å². The molecule has 0 aromatic heterocycles. The molecule has 0 aromatic rings. The summed E-state index contributed by atoms with van der Waals surface area (Å²) in [7, 11) is 3.89. The Kier molecular flexibility index (Phi) is 3.11. The molecule has 0 fully saturated rings. The minimum atomic E-state index is -5.43. The first-order valence-corrected chi connectivity index (χ1v) is 5.95.